The molecule has 0 saturated carbocycles. The lowest BCUT2D eigenvalue weighted by Crippen LogP contribution is -2.37. The van der Waals surface area contributed by atoms with Crippen LogP contribution < -0.4 is 5.19 Å². The molecular formula is C121H86N6Si. The molecule has 0 atom stereocenters. The summed E-state index contributed by atoms with van der Waals surface area (Å²) in [6.45, 7) is 7.22. The van der Waals surface area contributed by atoms with Gasteiger partial charge in [0.1, 0.15) is 0 Å². The fourth-order valence-electron chi connectivity index (χ4n) is 19.2. The Morgan fingerprint density at radius 2 is 0.391 bits per heavy atom. The molecule has 0 amide bonds. The molecule has 24 rings (SSSR count). The minimum absolute atomic E-state index is 0.952. The van der Waals surface area contributed by atoms with Crippen molar-refractivity contribution in [3.8, 4) is 135 Å². The SMILES string of the molecule is C[Si](C)(C)c1ccc(-n2c3ccccc3c3cc(-c4ccc5c6ccccc6n(-c6cccc(-c7cc(-c8ccccc8)nc(-c8ccccc8)c7)c6)c5c4)ccc32)cc1.c1ccc(-c2ccc(-c3ccc(-n4c5ccccc5c5cc(-c6ccc7c8ccccc8n(-c8cccc(-c9cc(-c%10ccccc%10)nc(-c%10ccccc%10)c9)c8)c7c6)ccc54)cc3)cc2)cc1. The molecule has 0 aliphatic heterocycles. The van der Waals surface area contributed by atoms with Crippen molar-refractivity contribution in [2.45, 2.75) is 19.6 Å². The monoisotopic (exact) mass is 1650 g/mol. The summed E-state index contributed by atoms with van der Waals surface area (Å²) in [6, 6.07) is 169. The van der Waals surface area contributed by atoms with E-state index in [0.717, 1.165) is 84.3 Å². The van der Waals surface area contributed by atoms with E-state index < -0.39 is 8.07 Å². The topological polar surface area (TPSA) is 45.5 Å². The van der Waals surface area contributed by atoms with Gasteiger partial charge in [-0.2, -0.15) is 0 Å². The predicted octanol–water partition coefficient (Wildman–Crippen LogP) is 31.8. The molecule has 18 aromatic carbocycles. The van der Waals surface area contributed by atoms with E-state index in [1.165, 1.54) is 143 Å². The van der Waals surface area contributed by atoms with Crippen LogP contribution in [0.2, 0.25) is 19.6 Å². The second-order valence-electron chi connectivity index (χ2n) is 34.4. The average Bonchev–Trinajstić information content (AvgIpc) is 1.59. The molecule has 0 fully saturated rings. The van der Waals surface area contributed by atoms with Gasteiger partial charge in [0.05, 0.1) is 75.0 Å². The van der Waals surface area contributed by atoms with Gasteiger partial charge in [0.2, 0.25) is 0 Å². The molecule has 0 aliphatic carbocycles. The second-order valence-corrected chi connectivity index (χ2v) is 39.5. The molecule has 6 aromatic heterocycles. The average molecular weight is 1650 g/mol. The van der Waals surface area contributed by atoms with Gasteiger partial charge in [-0.15, -0.1) is 0 Å². The lowest BCUT2D eigenvalue weighted by Gasteiger charge is -2.17. The highest BCUT2D eigenvalue weighted by Gasteiger charge is 2.23. The molecule has 0 N–H and O–H groups in total. The number of hydrogen-bond acceptors (Lipinski definition) is 2. The van der Waals surface area contributed by atoms with Gasteiger partial charge in [0, 0.05) is 88.1 Å². The zero-order valence-corrected chi connectivity index (χ0v) is 72.1. The molecule has 0 bridgehead atoms. The molecule has 6 nitrogen and oxygen atoms in total. The molecule has 7 heteroatoms. The first-order valence-electron chi connectivity index (χ1n) is 44.1. The maximum Gasteiger partial charge on any atom is 0.0775 e. The zero-order valence-electron chi connectivity index (χ0n) is 71.1. The van der Waals surface area contributed by atoms with Gasteiger partial charge in [-0.1, -0.05) is 358 Å². The highest BCUT2D eigenvalue weighted by Crippen LogP contribution is 2.44. The Kier molecular flexibility index (Phi) is 19.2. The molecular weight excluding hydrogens is 1570 g/mol. The van der Waals surface area contributed by atoms with Gasteiger partial charge in [-0.25, -0.2) is 9.97 Å². The third-order valence-electron chi connectivity index (χ3n) is 25.6. The maximum atomic E-state index is 5.16. The summed E-state index contributed by atoms with van der Waals surface area (Å²) in [5.74, 6) is 0. The Bertz CT molecular complexity index is 8230. The fourth-order valence-corrected chi connectivity index (χ4v) is 20.4. The first kappa shape index (κ1) is 76.6. The number of hydrogen-bond donors (Lipinski definition) is 0. The Hall–Kier alpha value is -16.3. The number of nitrogens with zero attached hydrogens (tertiary/aromatic N) is 6. The number of aromatic nitrogens is 6. The molecule has 6 heterocycles. The summed E-state index contributed by atoms with van der Waals surface area (Å²) in [4.78, 5) is 10.3. The molecule has 24 aromatic rings. The van der Waals surface area contributed by atoms with Crippen molar-refractivity contribution in [2.24, 2.45) is 0 Å². The first-order chi connectivity index (χ1) is 63.1. The Labute approximate surface area is 744 Å². The van der Waals surface area contributed by atoms with Gasteiger partial charge < -0.3 is 18.3 Å². The van der Waals surface area contributed by atoms with Gasteiger partial charge >= 0.3 is 0 Å². The molecule has 0 saturated heterocycles. The molecule has 128 heavy (non-hydrogen) atoms. The molecule has 0 spiro atoms. The van der Waals surface area contributed by atoms with Crippen molar-refractivity contribution in [3.63, 3.8) is 0 Å². The van der Waals surface area contributed by atoms with E-state index in [1.54, 1.807) is 0 Å². The summed E-state index contributed by atoms with van der Waals surface area (Å²) < 4.78 is 9.69. The Balaban J connectivity index is 0.000000148. The van der Waals surface area contributed by atoms with Gasteiger partial charge in [-0.3, -0.25) is 0 Å². The predicted molar refractivity (Wildman–Crippen MR) is 543 cm³/mol. The van der Waals surface area contributed by atoms with Crippen LogP contribution in [0, 0.1) is 0 Å². The normalized spacial score (nSPS) is 11.7. The van der Waals surface area contributed by atoms with Crippen molar-refractivity contribution in [3.05, 3.63) is 467 Å². The van der Waals surface area contributed by atoms with E-state index >= 15 is 0 Å². The maximum absolute atomic E-state index is 5.16. The van der Waals surface area contributed by atoms with Crippen LogP contribution in [0.1, 0.15) is 0 Å². The van der Waals surface area contributed by atoms with Crippen LogP contribution in [-0.4, -0.2) is 36.3 Å². The molecule has 604 valence electrons. The summed E-state index contributed by atoms with van der Waals surface area (Å²) >= 11 is 0. The van der Waals surface area contributed by atoms with Gasteiger partial charge in [0.15, 0.2) is 0 Å². The zero-order chi connectivity index (χ0) is 85.3. The summed E-state index contributed by atoms with van der Waals surface area (Å²) in [5.41, 5.74) is 36.4. The van der Waals surface area contributed by atoms with E-state index in [0.29, 0.717) is 0 Å². The number of para-hydroxylation sites is 4. The van der Waals surface area contributed by atoms with Crippen molar-refractivity contribution >= 4 is 100 Å². The molecule has 0 unspecified atom stereocenters. The van der Waals surface area contributed by atoms with Crippen LogP contribution >= 0.6 is 0 Å². The Morgan fingerprint density at radius 3 is 0.742 bits per heavy atom. The van der Waals surface area contributed by atoms with Crippen molar-refractivity contribution in [2.75, 3.05) is 0 Å². The van der Waals surface area contributed by atoms with E-state index in [9.17, 15) is 0 Å². The van der Waals surface area contributed by atoms with Crippen LogP contribution in [0.4, 0.5) is 0 Å². The summed E-state index contributed by atoms with van der Waals surface area (Å²) in [5, 5.41) is 11.4. The highest BCUT2D eigenvalue weighted by molar-refractivity contribution is 6.88. The number of benzene rings is 18. The van der Waals surface area contributed by atoms with E-state index in [4.69, 9.17) is 9.97 Å². The minimum atomic E-state index is -1.41. The quantitative estimate of drug-likeness (QED) is 0.0960. The Morgan fingerprint density at radius 1 is 0.148 bits per heavy atom. The second kappa shape index (κ2) is 32.1. The van der Waals surface area contributed by atoms with Crippen LogP contribution in [0.25, 0.3) is 222 Å². The standard InChI is InChI=1S/C65H43N3.C56H43N3Si/c1-4-15-44(16-5-1)45-27-29-46(30-28-45)47-31-35-54(36-32-47)67-63-26-13-11-24-57(63)59-40-51(34-38-64(59)67)52-33-37-58-56-23-10-12-25-62(56)68(65(58)43-52)55-22-14-21-50(39-55)53-41-60(48-17-6-2-7-18-48)66-61(42-53)49-19-8-3-9-20-49;1-60(2,3)46-29-27-44(28-30-46)58-54-24-13-11-22-48(54)50-34-41(26-32-55(50)58)42-25-31-49-47-21-10-12-23-53(47)59(56(49)37-42)45-20-14-19-40(33-45)43-35-51(38-15-6-4-7-16-38)57-52(36-43)39-17-8-5-9-18-39/h1-43H;4-37H,1-3H3. The van der Waals surface area contributed by atoms with Crippen LogP contribution in [0.5, 0.6) is 0 Å². The summed E-state index contributed by atoms with van der Waals surface area (Å²) in [6.07, 6.45) is 0. The highest BCUT2D eigenvalue weighted by atomic mass is 28.3. The van der Waals surface area contributed by atoms with Gasteiger partial charge in [0.25, 0.3) is 0 Å². The number of rotatable bonds is 15. The van der Waals surface area contributed by atoms with Crippen LogP contribution in [0.15, 0.2) is 467 Å². The summed E-state index contributed by atoms with van der Waals surface area (Å²) in [7, 11) is -1.41. The van der Waals surface area contributed by atoms with Crippen molar-refractivity contribution in [1.82, 2.24) is 28.2 Å². The number of pyridine rings is 2. The lowest BCUT2D eigenvalue weighted by atomic mass is 9.99. The van der Waals surface area contributed by atoms with Crippen molar-refractivity contribution < 1.29 is 0 Å². The van der Waals surface area contributed by atoms with Crippen LogP contribution in [-0.2, 0) is 0 Å². The third kappa shape index (κ3) is 14.0. The minimum Gasteiger partial charge on any atom is -0.309 e. The first-order valence-corrected chi connectivity index (χ1v) is 47.6. The number of fused-ring (bicyclic) bond motifs is 12. The lowest BCUT2D eigenvalue weighted by molar-refractivity contribution is 1.18. The van der Waals surface area contributed by atoms with E-state index in [1.807, 2.05) is 0 Å². The van der Waals surface area contributed by atoms with E-state index in [-0.39, 0.29) is 0 Å². The fraction of sp³-hybridized carbons (Fsp3) is 0.0248. The van der Waals surface area contributed by atoms with Crippen LogP contribution in [0.3, 0.4) is 0 Å². The molecule has 0 radical (unpaired) electrons. The third-order valence-corrected chi connectivity index (χ3v) is 27.7. The van der Waals surface area contributed by atoms with E-state index in [2.05, 4.69) is 505 Å². The van der Waals surface area contributed by atoms with Crippen molar-refractivity contribution in [1.29, 1.82) is 0 Å². The smallest absolute Gasteiger partial charge is 0.0775 e. The molecule has 0 aliphatic rings. The van der Waals surface area contributed by atoms with Gasteiger partial charge in [-0.05, 0) is 200 Å². The largest absolute Gasteiger partial charge is 0.309 e.